The predicted octanol–water partition coefficient (Wildman–Crippen LogP) is 2.26. The molecule has 0 saturated heterocycles. The summed E-state index contributed by atoms with van der Waals surface area (Å²) in [6.07, 6.45) is 0. The maximum absolute atomic E-state index is 12.6. The van der Waals surface area contributed by atoms with E-state index in [9.17, 15) is 4.79 Å². The van der Waals surface area contributed by atoms with Gasteiger partial charge < -0.3 is 10.6 Å². The minimum atomic E-state index is -0.387. The van der Waals surface area contributed by atoms with Gasteiger partial charge in [0.1, 0.15) is 0 Å². The number of nitriles is 1. The van der Waals surface area contributed by atoms with Crippen molar-refractivity contribution in [3.8, 4) is 6.07 Å². The number of nitrogens with two attached hydrogens (primary N) is 1. The Morgan fingerprint density at radius 1 is 1.24 bits per heavy atom. The highest BCUT2D eigenvalue weighted by Gasteiger charge is 2.23. The van der Waals surface area contributed by atoms with Crippen molar-refractivity contribution in [2.45, 2.75) is 5.92 Å². The summed E-state index contributed by atoms with van der Waals surface area (Å²) in [6, 6.07) is 18.5. The lowest BCUT2D eigenvalue weighted by atomic mass is 9.97. The van der Waals surface area contributed by atoms with E-state index in [1.165, 1.54) is 0 Å². The fraction of sp³-hybridized carbons (Fsp3) is 0.176. The van der Waals surface area contributed by atoms with Gasteiger partial charge >= 0.3 is 0 Å². The van der Waals surface area contributed by atoms with E-state index in [1.54, 1.807) is 36.2 Å². The van der Waals surface area contributed by atoms with Crippen molar-refractivity contribution in [1.29, 1.82) is 5.26 Å². The summed E-state index contributed by atoms with van der Waals surface area (Å²) in [7, 11) is 1.70. The molecule has 0 aliphatic heterocycles. The van der Waals surface area contributed by atoms with E-state index in [0.29, 0.717) is 11.3 Å². The Morgan fingerprint density at radius 2 is 1.95 bits per heavy atom. The molecule has 2 N–H and O–H groups in total. The van der Waals surface area contributed by atoms with Gasteiger partial charge in [-0.1, -0.05) is 36.4 Å². The Hall–Kier alpha value is -2.64. The molecule has 4 nitrogen and oxygen atoms in total. The fourth-order valence-electron chi connectivity index (χ4n) is 2.21. The van der Waals surface area contributed by atoms with Crippen molar-refractivity contribution in [1.82, 2.24) is 0 Å². The van der Waals surface area contributed by atoms with E-state index >= 15 is 0 Å². The molecule has 1 unspecified atom stereocenters. The van der Waals surface area contributed by atoms with Gasteiger partial charge in [-0.2, -0.15) is 5.26 Å². The molecule has 0 spiro atoms. The predicted molar refractivity (Wildman–Crippen MR) is 82.8 cm³/mol. The molecule has 106 valence electrons. The molecule has 21 heavy (non-hydrogen) atoms. The molecule has 0 saturated carbocycles. The summed E-state index contributed by atoms with van der Waals surface area (Å²) in [5, 5.41) is 8.94. The second kappa shape index (κ2) is 6.69. The first kappa shape index (κ1) is 14.8. The van der Waals surface area contributed by atoms with Gasteiger partial charge in [-0.05, 0) is 23.8 Å². The highest BCUT2D eigenvalue weighted by atomic mass is 16.2. The lowest BCUT2D eigenvalue weighted by Gasteiger charge is -2.23. The number of amides is 1. The monoisotopic (exact) mass is 279 g/mol. The van der Waals surface area contributed by atoms with E-state index in [-0.39, 0.29) is 18.4 Å². The number of carbonyl (C=O) groups excluding carboxylic acids is 1. The van der Waals surface area contributed by atoms with E-state index in [0.717, 1.165) is 5.56 Å². The number of rotatable bonds is 4. The highest BCUT2D eigenvalue weighted by molar-refractivity contribution is 5.97. The molecule has 1 atom stereocenters. The summed E-state index contributed by atoms with van der Waals surface area (Å²) in [6.45, 7) is 0.241. The number of nitrogens with zero attached hydrogens (tertiary/aromatic N) is 2. The molecular weight excluding hydrogens is 262 g/mol. The van der Waals surface area contributed by atoms with Crippen LogP contribution < -0.4 is 10.6 Å². The third-order valence-electron chi connectivity index (χ3n) is 3.43. The first-order valence-corrected chi connectivity index (χ1v) is 6.70. The Balaban J connectivity index is 2.27. The first-order chi connectivity index (χ1) is 10.2. The Bertz CT molecular complexity index is 661. The average molecular weight is 279 g/mol. The molecular formula is C17H17N3O. The molecule has 0 radical (unpaired) electrons. The third-order valence-corrected chi connectivity index (χ3v) is 3.43. The summed E-state index contributed by atoms with van der Waals surface area (Å²) in [4.78, 5) is 14.2. The summed E-state index contributed by atoms with van der Waals surface area (Å²) in [5.41, 5.74) is 7.89. The number of likely N-dealkylation sites (N-methyl/N-ethyl adjacent to an activating group) is 1. The quantitative estimate of drug-likeness (QED) is 0.933. The molecule has 2 rings (SSSR count). The van der Waals surface area contributed by atoms with Gasteiger partial charge in [0, 0.05) is 19.3 Å². The van der Waals surface area contributed by atoms with E-state index in [4.69, 9.17) is 11.0 Å². The van der Waals surface area contributed by atoms with Gasteiger partial charge in [-0.3, -0.25) is 4.79 Å². The minimum absolute atomic E-state index is 0.0845. The fourth-order valence-corrected chi connectivity index (χ4v) is 2.21. The van der Waals surface area contributed by atoms with Crippen molar-refractivity contribution in [3.63, 3.8) is 0 Å². The molecule has 0 aliphatic carbocycles. The van der Waals surface area contributed by atoms with Crippen LogP contribution in [0.3, 0.4) is 0 Å². The zero-order valence-corrected chi connectivity index (χ0v) is 11.9. The van der Waals surface area contributed by atoms with Crippen LogP contribution in [0, 0.1) is 11.3 Å². The van der Waals surface area contributed by atoms with Crippen molar-refractivity contribution < 1.29 is 4.79 Å². The van der Waals surface area contributed by atoms with Crippen LogP contribution in [-0.2, 0) is 4.79 Å². The number of hydrogen-bond acceptors (Lipinski definition) is 3. The number of carbonyl (C=O) groups is 1. The van der Waals surface area contributed by atoms with Gasteiger partial charge in [-0.15, -0.1) is 0 Å². The third kappa shape index (κ3) is 3.28. The van der Waals surface area contributed by atoms with E-state index < -0.39 is 0 Å². The molecule has 0 fully saturated rings. The largest absolute Gasteiger partial charge is 0.329 e. The number of benzene rings is 2. The van der Waals surface area contributed by atoms with Crippen LogP contribution in [-0.4, -0.2) is 19.5 Å². The van der Waals surface area contributed by atoms with Crippen molar-refractivity contribution in [2.24, 2.45) is 5.73 Å². The van der Waals surface area contributed by atoms with Crippen LogP contribution in [0.15, 0.2) is 54.6 Å². The molecule has 2 aromatic carbocycles. The number of anilines is 1. The van der Waals surface area contributed by atoms with E-state index in [1.807, 2.05) is 30.3 Å². The molecule has 0 aliphatic rings. The smallest absolute Gasteiger partial charge is 0.235 e. The van der Waals surface area contributed by atoms with Crippen molar-refractivity contribution >= 4 is 11.6 Å². The maximum Gasteiger partial charge on any atom is 0.235 e. The lowest BCUT2D eigenvalue weighted by molar-refractivity contribution is -0.119. The van der Waals surface area contributed by atoms with Gasteiger partial charge in [0.05, 0.1) is 17.6 Å². The first-order valence-electron chi connectivity index (χ1n) is 6.70. The molecule has 2 aromatic rings. The Labute approximate surface area is 124 Å². The van der Waals surface area contributed by atoms with Crippen LogP contribution in [0.4, 0.5) is 5.69 Å². The van der Waals surface area contributed by atoms with Crippen LogP contribution in [0.25, 0.3) is 0 Å². The highest BCUT2D eigenvalue weighted by Crippen LogP contribution is 2.21. The second-order valence-electron chi connectivity index (χ2n) is 4.76. The van der Waals surface area contributed by atoms with Crippen LogP contribution in [0.2, 0.25) is 0 Å². The van der Waals surface area contributed by atoms with Crippen LogP contribution in [0.1, 0.15) is 17.0 Å². The molecule has 0 heterocycles. The standard InChI is InChI=1S/C17H17N3O/c1-20(15-9-5-6-13(10-15)11-18)17(21)16(12-19)14-7-3-2-4-8-14/h2-10,16H,12,19H2,1H3. The SMILES string of the molecule is CN(C(=O)C(CN)c1ccccc1)c1cccc(C#N)c1. The van der Waals surface area contributed by atoms with Crippen LogP contribution >= 0.6 is 0 Å². The Kier molecular flexibility index (Phi) is 4.70. The minimum Gasteiger partial charge on any atom is -0.329 e. The van der Waals surface area contributed by atoms with Gasteiger partial charge in [-0.25, -0.2) is 0 Å². The normalized spacial score (nSPS) is 11.5. The molecule has 1 amide bonds. The summed E-state index contributed by atoms with van der Waals surface area (Å²) in [5.74, 6) is -0.472. The topological polar surface area (TPSA) is 70.1 Å². The van der Waals surface area contributed by atoms with Gasteiger partial charge in [0.15, 0.2) is 0 Å². The summed E-state index contributed by atoms with van der Waals surface area (Å²) >= 11 is 0. The number of hydrogen-bond donors (Lipinski definition) is 1. The lowest BCUT2D eigenvalue weighted by Crippen LogP contribution is -2.35. The maximum atomic E-state index is 12.6. The zero-order valence-electron chi connectivity index (χ0n) is 11.9. The average Bonchev–Trinajstić information content (AvgIpc) is 2.55. The molecule has 0 bridgehead atoms. The van der Waals surface area contributed by atoms with Crippen molar-refractivity contribution in [3.05, 3.63) is 65.7 Å². The van der Waals surface area contributed by atoms with Crippen molar-refractivity contribution in [2.75, 3.05) is 18.5 Å². The second-order valence-corrected chi connectivity index (χ2v) is 4.76. The summed E-state index contributed by atoms with van der Waals surface area (Å²) < 4.78 is 0. The van der Waals surface area contributed by atoms with Crippen LogP contribution in [0.5, 0.6) is 0 Å². The molecule has 4 heteroatoms. The molecule has 0 aromatic heterocycles. The Morgan fingerprint density at radius 3 is 2.57 bits per heavy atom. The zero-order chi connectivity index (χ0) is 15.2. The van der Waals surface area contributed by atoms with Gasteiger partial charge in [0.2, 0.25) is 5.91 Å². The van der Waals surface area contributed by atoms with E-state index in [2.05, 4.69) is 6.07 Å². The van der Waals surface area contributed by atoms with Gasteiger partial charge in [0.25, 0.3) is 0 Å².